The molecule has 1 atom stereocenters. The predicted molar refractivity (Wildman–Crippen MR) is 74.6 cm³/mol. The van der Waals surface area contributed by atoms with Gasteiger partial charge in [0.2, 0.25) is 5.91 Å². The molecule has 0 heterocycles. The highest BCUT2D eigenvalue weighted by molar-refractivity contribution is 5.85. The fourth-order valence-electron chi connectivity index (χ4n) is 1.37. The summed E-state index contributed by atoms with van der Waals surface area (Å²) in [6.07, 6.45) is 2.59. The molecule has 0 saturated heterocycles. The van der Waals surface area contributed by atoms with Gasteiger partial charge >= 0.3 is 0 Å². The van der Waals surface area contributed by atoms with Crippen LogP contribution in [0.1, 0.15) is 13.3 Å². The number of rotatable bonds is 6. The normalized spacial score (nSPS) is 10.9. The van der Waals surface area contributed by atoms with Gasteiger partial charge in [-0.1, -0.05) is 24.3 Å². The summed E-state index contributed by atoms with van der Waals surface area (Å²) in [5.74, 6) is -0.00166. The average Bonchev–Trinajstić information content (AvgIpc) is 2.28. The minimum Gasteiger partial charge on any atom is -0.376 e. The number of benzene rings is 1. The number of carbonyl (C=O) groups excluding carboxylic acids is 1. The van der Waals surface area contributed by atoms with Crippen LogP contribution in [-0.2, 0) is 4.79 Å². The van der Waals surface area contributed by atoms with E-state index in [1.807, 2.05) is 37.3 Å². The number of amides is 1. The van der Waals surface area contributed by atoms with E-state index in [1.54, 1.807) is 6.08 Å². The highest BCUT2D eigenvalue weighted by atomic mass is 35.5. The second kappa shape index (κ2) is 8.65. The minimum absolute atomic E-state index is 0. The molecule has 1 amide bonds. The fourth-order valence-corrected chi connectivity index (χ4v) is 1.37. The molecule has 4 heteroatoms. The van der Waals surface area contributed by atoms with Crippen LogP contribution < -0.4 is 10.6 Å². The summed E-state index contributed by atoms with van der Waals surface area (Å²) < 4.78 is 0. The Kier molecular flexibility index (Phi) is 7.89. The third-order valence-corrected chi connectivity index (χ3v) is 2.15. The fraction of sp³-hybridized carbons (Fsp3) is 0.308. The smallest absolute Gasteiger partial charge is 0.239 e. The molecule has 17 heavy (non-hydrogen) atoms. The predicted octanol–water partition coefficient (Wildman–Crippen LogP) is 2.60. The summed E-state index contributed by atoms with van der Waals surface area (Å²) in [5, 5.41) is 5.93. The Morgan fingerprint density at radius 3 is 2.65 bits per heavy atom. The molecule has 0 saturated carbocycles. The summed E-state index contributed by atoms with van der Waals surface area (Å²) in [7, 11) is 0. The third-order valence-electron chi connectivity index (χ3n) is 2.15. The van der Waals surface area contributed by atoms with Gasteiger partial charge in [-0.05, 0) is 25.5 Å². The molecule has 0 bridgehead atoms. The molecule has 2 N–H and O–H groups in total. The number of hydrogen-bond donors (Lipinski definition) is 2. The molecular formula is C13H19ClN2O. The van der Waals surface area contributed by atoms with E-state index in [9.17, 15) is 4.79 Å². The lowest BCUT2D eigenvalue weighted by Gasteiger charge is -2.12. The maximum atomic E-state index is 11.5. The summed E-state index contributed by atoms with van der Waals surface area (Å²) in [4.78, 5) is 11.5. The van der Waals surface area contributed by atoms with Crippen molar-refractivity contribution in [3.63, 3.8) is 0 Å². The van der Waals surface area contributed by atoms with E-state index < -0.39 is 0 Å². The first kappa shape index (κ1) is 15.5. The van der Waals surface area contributed by atoms with E-state index in [-0.39, 0.29) is 24.4 Å². The van der Waals surface area contributed by atoms with Crippen LogP contribution in [0.3, 0.4) is 0 Å². The first-order chi connectivity index (χ1) is 7.72. The molecule has 0 radical (unpaired) electrons. The topological polar surface area (TPSA) is 41.1 Å². The molecule has 1 rings (SSSR count). The highest BCUT2D eigenvalue weighted by Gasteiger charge is 2.04. The molecule has 1 unspecified atom stereocenters. The van der Waals surface area contributed by atoms with E-state index in [2.05, 4.69) is 17.2 Å². The van der Waals surface area contributed by atoms with Gasteiger partial charge in [-0.2, -0.15) is 0 Å². The zero-order chi connectivity index (χ0) is 11.8. The van der Waals surface area contributed by atoms with Gasteiger partial charge in [-0.25, -0.2) is 0 Å². The Morgan fingerprint density at radius 2 is 2.06 bits per heavy atom. The largest absolute Gasteiger partial charge is 0.376 e. The molecule has 3 nitrogen and oxygen atoms in total. The van der Waals surface area contributed by atoms with Crippen molar-refractivity contribution in [3.05, 3.63) is 43.0 Å². The van der Waals surface area contributed by atoms with Gasteiger partial charge in [0.25, 0.3) is 0 Å². The van der Waals surface area contributed by atoms with Crippen molar-refractivity contribution in [1.82, 2.24) is 5.32 Å². The van der Waals surface area contributed by atoms with Crippen molar-refractivity contribution >= 4 is 24.0 Å². The van der Waals surface area contributed by atoms with Crippen LogP contribution in [-0.4, -0.2) is 18.5 Å². The van der Waals surface area contributed by atoms with E-state index in [1.165, 1.54) is 0 Å². The number of para-hydroxylation sites is 1. The number of carbonyl (C=O) groups is 1. The van der Waals surface area contributed by atoms with Crippen molar-refractivity contribution in [2.75, 3.05) is 11.9 Å². The Hall–Kier alpha value is -1.48. The second-order valence-electron chi connectivity index (χ2n) is 3.71. The van der Waals surface area contributed by atoms with E-state index in [0.29, 0.717) is 6.54 Å². The molecule has 0 aliphatic carbocycles. The van der Waals surface area contributed by atoms with Crippen LogP contribution in [0.25, 0.3) is 0 Å². The minimum atomic E-state index is -0.00166. The first-order valence-corrected chi connectivity index (χ1v) is 5.41. The zero-order valence-corrected chi connectivity index (χ0v) is 10.8. The monoisotopic (exact) mass is 254 g/mol. The second-order valence-corrected chi connectivity index (χ2v) is 3.71. The number of anilines is 1. The first-order valence-electron chi connectivity index (χ1n) is 5.41. The molecule has 0 aliphatic heterocycles. The molecular weight excluding hydrogens is 236 g/mol. The summed E-state index contributed by atoms with van der Waals surface area (Å²) >= 11 is 0. The summed E-state index contributed by atoms with van der Waals surface area (Å²) in [5.41, 5.74) is 0.953. The lowest BCUT2D eigenvalue weighted by atomic mass is 10.2. The molecule has 0 aliphatic rings. The van der Waals surface area contributed by atoms with Crippen LogP contribution in [0.5, 0.6) is 0 Å². The van der Waals surface area contributed by atoms with Crippen LogP contribution in [0.15, 0.2) is 43.0 Å². The average molecular weight is 255 g/mol. The van der Waals surface area contributed by atoms with Crippen molar-refractivity contribution in [2.45, 2.75) is 19.4 Å². The van der Waals surface area contributed by atoms with Crippen LogP contribution in [0.4, 0.5) is 5.69 Å². The van der Waals surface area contributed by atoms with Crippen molar-refractivity contribution in [1.29, 1.82) is 0 Å². The third kappa shape index (κ3) is 6.64. The standard InChI is InChI=1S/C13H18N2O.ClH/c1-3-7-11(2)15-13(16)10-14-12-8-5-4-6-9-12;/h3-6,8-9,11,14H,1,7,10H2,2H3,(H,15,16);1H. The van der Waals surface area contributed by atoms with Gasteiger partial charge < -0.3 is 10.6 Å². The Labute approximate surface area is 109 Å². The lowest BCUT2D eigenvalue weighted by Crippen LogP contribution is -2.36. The molecule has 1 aromatic carbocycles. The van der Waals surface area contributed by atoms with Crippen molar-refractivity contribution in [2.24, 2.45) is 0 Å². The number of halogens is 1. The lowest BCUT2D eigenvalue weighted by molar-refractivity contribution is -0.119. The maximum Gasteiger partial charge on any atom is 0.239 e. The molecule has 0 spiro atoms. The van der Waals surface area contributed by atoms with Crippen molar-refractivity contribution < 1.29 is 4.79 Å². The Morgan fingerprint density at radius 1 is 1.41 bits per heavy atom. The highest BCUT2D eigenvalue weighted by Crippen LogP contribution is 2.03. The summed E-state index contributed by atoms with van der Waals surface area (Å²) in [6, 6.07) is 9.81. The quantitative estimate of drug-likeness (QED) is 0.767. The number of nitrogens with one attached hydrogen (secondary N) is 2. The number of hydrogen-bond acceptors (Lipinski definition) is 2. The van der Waals surface area contributed by atoms with Crippen LogP contribution in [0.2, 0.25) is 0 Å². The van der Waals surface area contributed by atoms with Crippen LogP contribution in [0, 0.1) is 0 Å². The Balaban J connectivity index is 0.00000256. The van der Waals surface area contributed by atoms with Gasteiger partial charge in [0.1, 0.15) is 0 Å². The van der Waals surface area contributed by atoms with Gasteiger partial charge in [0, 0.05) is 11.7 Å². The van der Waals surface area contributed by atoms with Gasteiger partial charge in [0.05, 0.1) is 6.54 Å². The molecule has 94 valence electrons. The van der Waals surface area contributed by atoms with E-state index in [4.69, 9.17) is 0 Å². The van der Waals surface area contributed by atoms with E-state index in [0.717, 1.165) is 12.1 Å². The SMILES string of the molecule is C=CCC(C)NC(=O)CNc1ccccc1.Cl. The molecule has 0 aromatic heterocycles. The van der Waals surface area contributed by atoms with Gasteiger partial charge in [0.15, 0.2) is 0 Å². The Bertz CT molecular complexity index is 341. The molecule has 1 aromatic rings. The van der Waals surface area contributed by atoms with Crippen molar-refractivity contribution in [3.8, 4) is 0 Å². The van der Waals surface area contributed by atoms with Crippen LogP contribution >= 0.6 is 12.4 Å². The molecule has 0 fully saturated rings. The van der Waals surface area contributed by atoms with Gasteiger partial charge in [-0.3, -0.25) is 4.79 Å². The van der Waals surface area contributed by atoms with Gasteiger partial charge in [-0.15, -0.1) is 19.0 Å². The zero-order valence-electron chi connectivity index (χ0n) is 9.98. The maximum absolute atomic E-state index is 11.5. The van der Waals surface area contributed by atoms with E-state index >= 15 is 0 Å². The summed E-state index contributed by atoms with van der Waals surface area (Å²) in [6.45, 7) is 5.89.